The molecular weight excluding hydrogens is 484 g/mol. The first-order valence-electron chi connectivity index (χ1n) is 10.1. The molecule has 2 heterocycles. The van der Waals surface area contributed by atoms with Crippen LogP contribution in [-0.2, 0) is 14.4 Å². The van der Waals surface area contributed by atoms with Gasteiger partial charge in [0.15, 0.2) is 0 Å². The molecule has 0 radical (unpaired) electrons. The van der Waals surface area contributed by atoms with E-state index in [0.29, 0.717) is 5.69 Å². The van der Waals surface area contributed by atoms with Gasteiger partial charge in [-0.05, 0) is 48.6 Å². The van der Waals surface area contributed by atoms with Gasteiger partial charge in [-0.15, -0.1) is 23.1 Å². The van der Waals surface area contributed by atoms with E-state index < -0.39 is 6.04 Å². The number of halogens is 1. The van der Waals surface area contributed by atoms with Gasteiger partial charge in [0.1, 0.15) is 6.04 Å². The van der Waals surface area contributed by atoms with Crippen molar-refractivity contribution in [1.82, 2.24) is 4.90 Å². The third-order valence-electron chi connectivity index (χ3n) is 5.63. The summed E-state index contributed by atoms with van der Waals surface area (Å²) in [5.41, 5.74) is 0.555. The van der Waals surface area contributed by atoms with Gasteiger partial charge in [-0.25, -0.2) is 4.90 Å². The first-order valence-corrected chi connectivity index (χ1v) is 12.8. The summed E-state index contributed by atoms with van der Waals surface area (Å²) in [5, 5.41) is 1.99. The van der Waals surface area contributed by atoms with Crippen molar-refractivity contribution in [2.45, 2.75) is 54.8 Å². The number of amides is 3. The molecule has 3 amide bonds. The molecule has 8 heteroatoms. The second-order valence-corrected chi connectivity index (χ2v) is 10.7. The van der Waals surface area contributed by atoms with Gasteiger partial charge in [0, 0.05) is 10.5 Å². The van der Waals surface area contributed by atoms with Crippen molar-refractivity contribution in [1.29, 1.82) is 0 Å². The maximum absolute atomic E-state index is 13.3. The average Bonchev–Trinajstić information content (AvgIpc) is 3.37. The number of hydrogen-bond acceptors (Lipinski definition) is 5. The van der Waals surface area contributed by atoms with Gasteiger partial charge in [0.2, 0.25) is 11.8 Å². The highest BCUT2D eigenvalue weighted by Crippen LogP contribution is 2.33. The zero-order chi connectivity index (χ0) is 21.1. The van der Waals surface area contributed by atoms with E-state index in [-0.39, 0.29) is 35.9 Å². The number of thioether (sulfide) groups is 1. The summed E-state index contributed by atoms with van der Waals surface area (Å²) in [6, 6.07) is 10.4. The van der Waals surface area contributed by atoms with Crippen LogP contribution in [0.25, 0.3) is 0 Å². The molecule has 0 spiro atoms. The minimum Gasteiger partial charge on any atom is -0.326 e. The molecule has 1 aromatic carbocycles. The van der Waals surface area contributed by atoms with Crippen LogP contribution in [0.2, 0.25) is 0 Å². The molecule has 30 heavy (non-hydrogen) atoms. The lowest BCUT2D eigenvalue weighted by Crippen LogP contribution is -2.52. The molecule has 1 atom stereocenters. The lowest BCUT2D eigenvalue weighted by molar-refractivity contribution is -0.139. The summed E-state index contributed by atoms with van der Waals surface area (Å²) in [4.78, 5) is 42.4. The Morgan fingerprint density at radius 2 is 1.87 bits per heavy atom. The van der Waals surface area contributed by atoms with Crippen molar-refractivity contribution in [2.24, 2.45) is 0 Å². The van der Waals surface area contributed by atoms with Gasteiger partial charge in [0.05, 0.1) is 22.1 Å². The number of carbonyl (C=O) groups is 3. The highest BCUT2D eigenvalue weighted by molar-refractivity contribution is 9.10. The number of hydrogen-bond donors (Lipinski definition) is 0. The average molecular weight is 507 g/mol. The summed E-state index contributed by atoms with van der Waals surface area (Å²) in [6.07, 6.45) is 5.11. The largest absolute Gasteiger partial charge is 0.326 e. The van der Waals surface area contributed by atoms with Crippen molar-refractivity contribution >= 4 is 62.4 Å². The molecular formula is C22H23BrN2O3S2. The molecule has 1 aromatic heterocycles. The molecule has 1 saturated carbocycles. The number of thiophene rings is 1. The molecule has 2 fully saturated rings. The van der Waals surface area contributed by atoms with E-state index in [1.165, 1.54) is 16.7 Å². The highest BCUT2D eigenvalue weighted by Gasteiger charge is 2.46. The van der Waals surface area contributed by atoms with Crippen LogP contribution in [0.1, 0.15) is 38.5 Å². The standard InChI is InChI=1S/C22H23BrN2O3S2/c23-15-8-10-17(11-9-15)25-19(26)13-18(22(25)28)24(16-5-2-1-3-6-16)20(27)14-30-21-7-4-12-29-21/h4,7-12,16,18H,1-3,5-6,13-14H2. The van der Waals surface area contributed by atoms with E-state index in [1.807, 2.05) is 29.6 Å². The minimum absolute atomic E-state index is 0.0294. The van der Waals surface area contributed by atoms with Crippen LogP contribution in [0.15, 0.2) is 50.5 Å². The van der Waals surface area contributed by atoms with Crippen molar-refractivity contribution in [3.8, 4) is 0 Å². The Kier molecular flexibility index (Phi) is 6.95. The number of imide groups is 1. The number of anilines is 1. The van der Waals surface area contributed by atoms with Crippen molar-refractivity contribution in [3.63, 3.8) is 0 Å². The first kappa shape index (κ1) is 21.6. The number of carbonyl (C=O) groups excluding carboxylic acids is 3. The van der Waals surface area contributed by atoms with E-state index in [4.69, 9.17) is 0 Å². The summed E-state index contributed by atoms with van der Waals surface area (Å²) < 4.78 is 1.96. The zero-order valence-electron chi connectivity index (χ0n) is 16.5. The van der Waals surface area contributed by atoms with E-state index in [0.717, 1.165) is 40.8 Å². The maximum Gasteiger partial charge on any atom is 0.257 e. The van der Waals surface area contributed by atoms with Crippen LogP contribution in [0.3, 0.4) is 0 Å². The van der Waals surface area contributed by atoms with E-state index in [2.05, 4.69) is 15.9 Å². The lowest BCUT2D eigenvalue weighted by atomic mass is 9.92. The number of nitrogens with zero attached hydrogens (tertiary/aromatic N) is 2. The Labute approximate surface area is 192 Å². The molecule has 4 rings (SSSR count). The summed E-state index contributed by atoms with van der Waals surface area (Å²) >= 11 is 6.48. The monoisotopic (exact) mass is 506 g/mol. The topological polar surface area (TPSA) is 57.7 Å². The SMILES string of the molecule is O=C1CC(N(C(=O)CSc2cccs2)C2CCCCC2)C(=O)N1c1ccc(Br)cc1. The Morgan fingerprint density at radius 1 is 1.13 bits per heavy atom. The van der Waals surface area contributed by atoms with Gasteiger partial charge in [-0.3, -0.25) is 14.4 Å². The van der Waals surface area contributed by atoms with E-state index >= 15 is 0 Å². The Bertz CT molecular complexity index is 911. The lowest BCUT2D eigenvalue weighted by Gasteiger charge is -2.37. The third-order valence-corrected chi connectivity index (χ3v) is 8.28. The molecule has 2 aromatic rings. The summed E-state index contributed by atoms with van der Waals surface area (Å²) in [7, 11) is 0. The van der Waals surface area contributed by atoms with E-state index in [9.17, 15) is 14.4 Å². The summed E-state index contributed by atoms with van der Waals surface area (Å²) in [5.74, 6) is -0.300. The summed E-state index contributed by atoms with van der Waals surface area (Å²) in [6.45, 7) is 0. The second kappa shape index (κ2) is 9.66. The Morgan fingerprint density at radius 3 is 2.53 bits per heavy atom. The molecule has 2 aliphatic rings. The van der Waals surface area contributed by atoms with Crippen molar-refractivity contribution < 1.29 is 14.4 Å². The van der Waals surface area contributed by atoms with Gasteiger partial charge in [0.25, 0.3) is 5.91 Å². The molecule has 1 aliphatic heterocycles. The second-order valence-electron chi connectivity index (χ2n) is 7.58. The maximum atomic E-state index is 13.3. The fourth-order valence-electron chi connectivity index (χ4n) is 4.24. The smallest absolute Gasteiger partial charge is 0.257 e. The molecule has 1 saturated heterocycles. The predicted octanol–water partition coefficient (Wildman–Crippen LogP) is 5.10. The molecule has 1 aliphatic carbocycles. The molecule has 5 nitrogen and oxygen atoms in total. The van der Waals surface area contributed by atoms with Crippen LogP contribution < -0.4 is 4.90 Å². The zero-order valence-corrected chi connectivity index (χ0v) is 19.7. The first-order chi connectivity index (χ1) is 14.5. The Balaban J connectivity index is 1.56. The fraction of sp³-hybridized carbons (Fsp3) is 0.409. The van der Waals surface area contributed by atoms with Gasteiger partial charge in [-0.1, -0.05) is 41.3 Å². The van der Waals surface area contributed by atoms with Crippen molar-refractivity contribution in [2.75, 3.05) is 10.7 Å². The highest BCUT2D eigenvalue weighted by atomic mass is 79.9. The molecule has 158 valence electrons. The molecule has 0 N–H and O–H groups in total. The van der Waals surface area contributed by atoms with Gasteiger partial charge < -0.3 is 4.90 Å². The van der Waals surface area contributed by atoms with Crippen LogP contribution >= 0.6 is 39.0 Å². The molecule has 1 unspecified atom stereocenters. The van der Waals surface area contributed by atoms with Gasteiger partial charge >= 0.3 is 0 Å². The number of rotatable bonds is 6. The normalized spacial score (nSPS) is 20.0. The van der Waals surface area contributed by atoms with Crippen LogP contribution in [0.4, 0.5) is 5.69 Å². The quantitative estimate of drug-likeness (QED) is 0.404. The predicted molar refractivity (Wildman–Crippen MR) is 124 cm³/mol. The van der Waals surface area contributed by atoms with E-state index in [1.54, 1.807) is 28.4 Å². The number of benzene rings is 1. The van der Waals surface area contributed by atoms with Crippen LogP contribution in [0, 0.1) is 0 Å². The Hall–Kier alpha value is -1.64. The third kappa shape index (κ3) is 4.65. The minimum atomic E-state index is -0.708. The van der Waals surface area contributed by atoms with Crippen LogP contribution in [0.5, 0.6) is 0 Å². The van der Waals surface area contributed by atoms with Gasteiger partial charge in [-0.2, -0.15) is 0 Å². The molecule has 0 bridgehead atoms. The fourth-order valence-corrected chi connectivity index (χ4v) is 6.16. The van der Waals surface area contributed by atoms with Crippen LogP contribution in [-0.4, -0.2) is 40.5 Å². The van der Waals surface area contributed by atoms with Crippen molar-refractivity contribution in [3.05, 3.63) is 46.3 Å².